The van der Waals surface area contributed by atoms with Crippen LogP contribution in [0.15, 0.2) is 83.9 Å². The van der Waals surface area contributed by atoms with Gasteiger partial charge in [-0.15, -0.1) is 0 Å². The van der Waals surface area contributed by atoms with Crippen LogP contribution >= 0.6 is 11.6 Å². The molecule has 2 atom stereocenters. The lowest BCUT2D eigenvalue weighted by atomic mass is 9.79. The molecule has 2 N–H and O–H groups in total. The van der Waals surface area contributed by atoms with E-state index in [1.807, 2.05) is 83.8 Å². The van der Waals surface area contributed by atoms with Gasteiger partial charge in [0, 0.05) is 17.3 Å². The average molecular weight is 420 g/mol. The number of carbonyl (C=O) groups is 1. The van der Waals surface area contributed by atoms with Crippen LogP contribution in [0.3, 0.4) is 0 Å². The molecule has 2 unspecified atom stereocenters. The Morgan fingerprint density at radius 1 is 1.10 bits per heavy atom. The van der Waals surface area contributed by atoms with Crippen molar-refractivity contribution >= 4 is 29.6 Å². The van der Waals surface area contributed by atoms with Crippen molar-refractivity contribution in [3.8, 4) is 0 Å². The summed E-state index contributed by atoms with van der Waals surface area (Å²) in [4.78, 5) is 20.0. The Hall–Kier alpha value is -3.31. The Morgan fingerprint density at radius 3 is 2.50 bits per heavy atom. The Bertz CT molecular complexity index is 1070. The number of ether oxygens (including phenoxy) is 1. The lowest BCUT2D eigenvalue weighted by Gasteiger charge is -2.36. The molecule has 4 rings (SSSR count). The predicted molar refractivity (Wildman–Crippen MR) is 119 cm³/mol. The van der Waals surface area contributed by atoms with Gasteiger partial charge in [0.1, 0.15) is 0 Å². The van der Waals surface area contributed by atoms with Crippen LogP contribution in [-0.4, -0.2) is 24.3 Å². The monoisotopic (exact) mass is 419 g/mol. The first-order valence-corrected chi connectivity index (χ1v) is 9.97. The van der Waals surface area contributed by atoms with Crippen molar-refractivity contribution in [1.82, 2.24) is 4.90 Å². The lowest BCUT2D eigenvalue weighted by Crippen LogP contribution is -2.43. The van der Waals surface area contributed by atoms with E-state index in [0.717, 1.165) is 16.7 Å². The molecule has 0 spiro atoms. The van der Waals surface area contributed by atoms with Crippen molar-refractivity contribution in [3.63, 3.8) is 0 Å². The number of nitrogen functional groups attached to an aromatic ring is 1. The standard InChI is InChI=1S/C24H22ClN3O2/c1-30-23(29)24(19-7-3-2-4-8-19)22(18-10-12-20(25)13-11-18)28(16-27-24)15-17-6-5-9-21(26)14-17/h2-14,16,22H,15,26H2,1H3. The quantitative estimate of drug-likeness (QED) is 0.485. The second-order valence-corrected chi connectivity index (χ2v) is 7.68. The van der Waals surface area contributed by atoms with E-state index in [1.165, 1.54) is 7.11 Å². The summed E-state index contributed by atoms with van der Waals surface area (Å²) in [6.07, 6.45) is 1.73. The topological polar surface area (TPSA) is 67.9 Å². The molecule has 0 fully saturated rings. The normalized spacial score (nSPS) is 20.3. The summed E-state index contributed by atoms with van der Waals surface area (Å²) in [5.74, 6) is -0.417. The van der Waals surface area contributed by atoms with Gasteiger partial charge >= 0.3 is 5.97 Å². The molecule has 3 aromatic rings. The van der Waals surface area contributed by atoms with Crippen LogP contribution in [0.4, 0.5) is 5.69 Å². The smallest absolute Gasteiger partial charge is 0.341 e. The molecule has 0 radical (unpaired) electrons. The third-order valence-corrected chi connectivity index (χ3v) is 5.60. The molecule has 0 saturated carbocycles. The van der Waals surface area contributed by atoms with E-state index in [9.17, 15) is 4.79 Å². The van der Waals surface area contributed by atoms with Crippen LogP contribution in [0.2, 0.25) is 5.02 Å². The van der Waals surface area contributed by atoms with Crippen molar-refractivity contribution in [3.05, 3.63) is 101 Å². The minimum Gasteiger partial charge on any atom is -0.467 e. The summed E-state index contributed by atoms with van der Waals surface area (Å²) in [6, 6.07) is 24.3. The number of nitrogens with two attached hydrogens (primary N) is 1. The molecular weight excluding hydrogens is 398 g/mol. The number of rotatable bonds is 5. The second-order valence-electron chi connectivity index (χ2n) is 7.24. The highest BCUT2D eigenvalue weighted by molar-refractivity contribution is 6.30. The van der Waals surface area contributed by atoms with Gasteiger partial charge in [0.15, 0.2) is 0 Å². The van der Waals surface area contributed by atoms with Crippen LogP contribution in [-0.2, 0) is 21.6 Å². The molecule has 30 heavy (non-hydrogen) atoms. The minimum atomic E-state index is -1.23. The molecule has 5 nitrogen and oxygen atoms in total. The van der Waals surface area contributed by atoms with Gasteiger partial charge in [-0.25, -0.2) is 9.79 Å². The molecule has 0 bridgehead atoms. The van der Waals surface area contributed by atoms with Gasteiger partial charge in [0.05, 0.1) is 19.5 Å². The number of anilines is 1. The van der Waals surface area contributed by atoms with E-state index < -0.39 is 17.6 Å². The SMILES string of the molecule is COC(=O)C1(c2ccccc2)N=CN(Cc2cccc(N)c2)C1c1ccc(Cl)cc1. The van der Waals surface area contributed by atoms with E-state index >= 15 is 0 Å². The van der Waals surface area contributed by atoms with Crippen molar-refractivity contribution in [2.45, 2.75) is 18.1 Å². The summed E-state index contributed by atoms with van der Waals surface area (Å²) in [5, 5.41) is 0.628. The van der Waals surface area contributed by atoms with Gasteiger partial charge in [0.25, 0.3) is 0 Å². The number of hydrogen-bond acceptors (Lipinski definition) is 5. The zero-order chi connectivity index (χ0) is 21.1. The number of aliphatic imine (C=N–C) groups is 1. The number of hydrogen-bond donors (Lipinski definition) is 1. The summed E-state index contributed by atoms with van der Waals surface area (Å²) in [7, 11) is 1.39. The number of esters is 1. The molecule has 1 aliphatic rings. The number of halogens is 1. The fourth-order valence-corrected chi connectivity index (χ4v) is 4.14. The highest BCUT2D eigenvalue weighted by Crippen LogP contribution is 2.47. The highest BCUT2D eigenvalue weighted by atomic mass is 35.5. The fourth-order valence-electron chi connectivity index (χ4n) is 4.02. The van der Waals surface area contributed by atoms with Crippen LogP contribution in [0, 0.1) is 0 Å². The molecule has 0 amide bonds. The molecular formula is C24H22ClN3O2. The van der Waals surface area contributed by atoms with Crippen molar-refractivity contribution in [2.24, 2.45) is 4.99 Å². The lowest BCUT2D eigenvalue weighted by molar-refractivity contribution is -0.149. The van der Waals surface area contributed by atoms with Crippen LogP contribution < -0.4 is 5.73 Å². The third-order valence-electron chi connectivity index (χ3n) is 5.35. The number of carbonyl (C=O) groups excluding carboxylic acids is 1. The highest BCUT2D eigenvalue weighted by Gasteiger charge is 2.54. The van der Waals surface area contributed by atoms with Gasteiger partial charge in [-0.1, -0.05) is 66.2 Å². The fraction of sp³-hybridized carbons (Fsp3) is 0.167. The van der Waals surface area contributed by atoms with E-state index in [-0.39, 0.29) is 0 Å². The molecule has 3 aromatic carbocycles. The van der Waals surface area contributed by atoms with E-state index in [2.05, 4.69) is 0 Å². The molecule has 0 saturated heterocycles. The van der Waals surface area contributed by atoms with Gasteiger partial charge in [-0.3, -0.25) is 0 Å². The van der Waals surface area contributed by atoms with Gasteiger partial charge in [0.2, 0.25) is 5.54 Å². The first kappa shape index (κ1) is 20.0. The van der Waals surface area contributed by atoms with Crippen molar-refractivity contribution in [2.75, 3.05) is 12.8 Å². The number of methoxy groups -OCH3 is 1. The maximum absolute atomic E-state index is 13.2. The maximum atomic E-state index is 13.2. The largest absolute Gasteiger partial charge is 0.467 e. The van der Waals surface area contributed by atoms with Crippen LogP contribution in [0.25, 0.3) is 0 Å². The van der Waals surface area contributed by atoms with Crippen LogP contribution in [0.1, 0.15) is 22.7 Å². The first-order chi connectivity index (χ1) is 14.5. The van der Waals surface area contributed by atoms with Gasteiger partial charge < -0.3 is 15.4 Å². The van der Waals surface area contributed by atoms with Gasteiger partial charge in [-0.2, -0.15) is 0 Å². The summed E-state index contributed by atoms with van der Waals surface area (Å²) >= 11 is 6.13. The second kappa shape index (κ2) is 8.20. The molecule has 0 aromatic heterocycles. The Kier molecular flexibility index (Phi) is 5.46. The van der Waals surface area contributed by atoms with Crippen LogP contribution in [0.5, 0.6) is 0 Å². The van der Waals surface area contributed by atoms with E-state index in [0.29, 0.717) is 17.3 Å². The predicted octanol–water partition coefficient (Wildman–Crippen LogP) is 4.58. The molecule has 1 heterocycles. The average Bonchev–Trinajstić information content (AvgIpc) is 3.14. The van der Waals surface area contributed by atoms with Gasteiger partial charge in [-0.05, 0) is 41.0 Å². The van der Waals surface area contributed by atoms with E-state index in [1.54, 1.807) is 6.34 Å². The summed E-state index contributed by atoms with van der Waals surface area (Å²) in [5.41, 5.74) is 8.13. The van der Waals surface area contributed by atoms with Crippen molar-refractivity contribution in [1.29, 1.82) is 0 Å². The zero-order valence-electron chi connectivity index (χ0n) is 16.5. The number of benzene rings is 3. The Labute approximate surface area is 180 Å². The summed E-state index contributed by atoms with van der Waals surface area (Å²) in [6.45, 7) is 0.535. The number of nitrogens with zero attached hydrogens (tertiary/aromatic N) is 2. The Morgan fingerprint density at radius 2 is 1.83 bits per heavy atom. The van der Waals surface area contributed by atoms with Crippen molar-refractivity contribution < 1.29 is 9.53 Å². The maximum Gasteiger partial charge on any atom is 0.341 e. The van der Waals surface area contributed by atoms with E-state index in [4.69, 9.17) is 27.1 Å². The molecule has 6 heteroatoms. The minimum absolute atomic E-state index is 0.411. The summed E-state index contributed by atoms with van der Waals surface area (Å²) < 4.78 is 5.26. The first-order valence-electron chi connectivity index (χ1n) is 9.59. The zero-order valence-corrected chi connectivity index (χ0v) is 17.3. The third kappa shape index (κ3) is 3.53. The molecule has 0 aliphatic carbocycles. The molecule has 1 aliphatic heterocycles. The Balaban J connectivity index is 1.85. The molecule has 152 valence electrons.